The predicted octanol–water partition coefficient (Wildman–Crippen LogP) is 2.98. The second-order valence-corrected chi connectivity index (χ2v) is 5.03. The van der Waals surface area contributed by atoms with Gasteiger partial charge in [0.05, 0.1) is 5.54 Å². The van der Waals surface area contributed by atoms with Crippen molar-refractivity contribution in [2.24, 2.45) is 5.73 Å². The molecule has 0 spiro atoms. The van der Waals surface area contributed by atoms with Crippen LogP contribution in [0.1, 0.15) is 38.7 Å². The number of nitrogens with zero attached hydrogens (tertiary/aromatic N) is 1. The molecule has 0 aliphatic heterocycles. The van der Waals surface area contributed by atoms with Crippen LogP contribution in [0.25, 0.3) is 0 Å². The Hall–Kier alpha value is -0.860. The molecule has 17 heavy (non-hydrogen) atoms. The second kappa shape index (κ2) is 6.18. The Bertz CT molecular complexity index is 321. The van der Waals surface area contributed by atoms with Crippen LogP contribution in [-0.2, 0) is 5.54 Å². The van der Waals surface area contributed by atoms with Crippen molar-refractivity contribution >= 4 is 0 Å². The van der Waals surface area contributed by atoms with Crippen molar-refractivity contribution in [3.8, 4) is 0 Å². The first-order chi connectivity index (χ1) is 8.06. The molecule has 0 saturated carbocycles. The Morgan fingerprint density at radius 3 is 2.18 bits per heavy atom. The molecule has 0 bridgehead atoms. The molecule has 2 atom stereocenters. The smallest absolute Gasteiger partial charge is 0.0564 e. The first-order valence-electron chi connectivity index (χ1n) is 6.57. The molecule has 2 nitrogen and oxygen atoms in total. The normalized spacial score (nSPS) is 16.8. The van der Waals surface area contributed by atoms with Gasteiger partial charge in [0.1, 0.15) is 0 Å². The fourth-order valence-corrected chi connectivity index (χ4v) is 2.63. The predicted molar refractivity (Wildman–Crippen MR) is 75.0 cm³/mol. The summed E-state index contributed by atoms with van der Waals surface area (Å²) in [6.45, 7) is 4.40. The van der Waals surface area contributed by atoms with E-state index in [1.165, 1.54) is 5.56 Å². The lowest BCUT2D eigenvalue weighted by Gasteiger charge is -2.41. The fraction of sp³-hybridized carbons (Fsp3) is 0.600. The van der Waals surface area contributed by atoms with Gasteiger partial charge in [-0.25, -0.2) is 0 Å². The van der Waals surface area contributed by atoms with Gasteiger partial charge < -0.3 is 10.6 Å². The molecule has 0 aromatic heterocycles. The molecule has 1 rings (SSSR count). The molecule has 0 fully saturated rings. The van der Waals surface area contributed by atoms with Crippen molar-refractivity contribution in [2.45, 2.75) is 44.7 Å². The van der Waals surface area contributed by atoms with Crippen molar-refractivity contribution in [1.82, 2.24) is 4.90 Å². The summed E-state index contributed by atoms with van der Waals surface area (Å²) < 4.78 is 0. The van der Waals surface area contributed by atoms with Gasteiger partial charge >= 0.3 is 0 Å². The van der Waals surface area contributed by atoms with E-state index in [0.717, 1.165) is 19.3 Å². The molecule has 2 heteroatoms. The first-order valence-corrected chi connectivity index (χ1v) is 6.57. The molecular weight excluding hydrogens is 208 g/mol. The molecule has 0 amide bonds. The van der Waals surface area contributed by atoms with Crippen LogP contribution < -0.4 is 5.73 Å². The zero-order chi connectivity index (χ0) is 12.9. The highest BCUT2D eigenvalue weighted by Crippen LogP contribution is 2.30. The summed E-state index contributed by atoms with van der Waals surface area (Å²) in [6.07, 6.45) is 3.25. The molecule has 0 aliphatic carbocycles. The number of hydrogen-bond donors (Lipinski definition) is 1. The summed E-state index contributed by atoms with van der Waals surface area (Å²) in [4.78, 5) is 2.26. The minimum absolute atomic E-state index is 0.249. The van der Waals surface area contributed by atoms with Crippen LogP contribution in [0.3, 0.4) is 0 Å². The lowest BCUT2D eigenvalue weighted by molar-refractivity contribution is 0.159. The van der Waals surface area contributed by atoms with Crippen molar-refractivity contribution in [1.29, 1.82) is 0 Å². The monoisotopic (exact) mass is 234 g/mol. The van der Waals surface area contributed by atoms with Crippen molar-refractivity contribution in [2.75, 3.05) is 14.1 Å². The van der Waals surface area contributed by atoms with Gasteiger partial charge in [0.2, 0.25) is 0 Å². The highest BCUT2D eigenvalue weighted by atomic mass is 15.1. The van der Waals surface area contributed by atoms with Gasteiger partial charge in [-0.2, -0.15) is 0 Å². The Morgan fingerprint density at radius 1 is 1.18 bits per heavy atom. The summed E-state index contributed by atoms with van der Waals surface area (Å²) >= 11 is 0. The second-order valence-electron chi connectivity index (χ2n) is 5.03. The topological polar surface area (TPSA) is 29.3 Å². The van der Waals surface area contributed by atoms with Crippen molar-refractivity contribution < 1.29 is 0 Å². The van der Waals surface area contributed by atoms with E-state index in [2.05, 4.69) is 57.1 Å². The summed E-state index contributed by atoms with van der Waals surface area (Å²) in [5.41, 5.74) is 7.70. The Kier molecular flexibility index (Phi) is 5.16. The SMILES string of the molecule is CCCC(N(C)C)C(N)(CC)c1ccccc1. The average molecular weight is 234 g/mol. The van der Waals surface area contributed by atoms with E-state index in [-0.39, 0.29) is 5.54 Å². The number of benzene rings is 1. The van der Waals surface area contributed by atoms with E-state index in [4.69, 9.17) is 5.73 Å². The molecule has 1 aromatic rings. The summed E-state index contributed by atoms with van der Waals surface area (Å²) in [5.74, 6) is 0. The lowest BCUT2D eigenvalue weighted by atomic mass is 9.79. The number of rotatable bonds is 6. The maximum absolute atomic E-state index is 6.71. The molecule has 96 valence electrons. The van der Waals surface area contributed by atoms with E-state index in [0.29, 0.717) is 6.04 Å². The minimum atomic E-state index is -0.249. The highest BCUT2D eigenvalue weighted by Gasteiger charge is 2.35. The van der Waals surface area contributed by atoms with E-state index in [1.807, 2.05) is 6.07 Å². The van der Waals surface area contributed by atoms with Crippen LogP contribution in [0.5, 0.6) is 0 Å². The van der Waals surface area contributed by atoms with Crippen LogP contribution in [0, 0.1) is 0 Å². The highest BCUT2D eigenvalue weighted by molar-refractivity contribution is 5.26. The molecule has 0 aliphatic rings. The van der Waals surface area contributed by atoms with Gasteiger partial charge in [0, 0.05) is 6.04 Å². The maximum atomic E-state index is 6.71. The van der Waals surface area contributed by atoms with Crippen molar-refractivity contribution in [3.05, 3.63) is 35.9 Å². The Labute approximate surface area is 106 Å². The summed E-state index contributed by atoms with van der Waals surface area (Å²) in [5, 5.41) is 0. The average Bonchev–Trinajstić information content (AvgIpc) is 2.35. The molecule has 1 aromatic carbocycles. The van der Waals surface area contributed by atoms with Crippen LogP contribution in [0.4, 0.5) is 0 Å². The van der Waals surface area contributed by atoms with E-state index >= 15 is 0 Å². The van der Waals surface area contributed by atoms with Crippen molar-refractivity contribution in [3.63, 3.8) is 0 Å². The van der Waals surface area contributed by atoms with Gasteiger partial charge in [-0.05, 0) is 32.5 Å². The quantitative estimate of drug-likeness (QED) is 0.820. The summed E-state index contributed by atoms with van der Waals surface area (Å²) in [7, 11) is 4.25. The molecule has 2 N–H and O–H groups in total. The number of likely N-dealkylation sites (N-methyl/N-ethyl adjacent to an activating group) is 1. The third kappa shape index (κ3) is 3.08. The standard InChI is InChI=1S/C15H26N2/c1-5-10-14(17(3)4)15(16,6-2)13-11-8-7-9-12-13/h7-9,11-12,14H,5-6,10,16H2,1-4H3. The molecule has 0 radical (unpaired) electrons. The van der Waals surface area contributed by atoms with Crippen LogP contribution >= 0.6 is 0 Å². The largest absolute Gasteiger partial charge is 0.320 e. The number of hydrogen-bond acceptors (Lipinski definition) is 2. The fourth-order valence-electron chi connectivity index (χ4n) is 2.63. The minimum Gasteiger partial charge on any atom is -0.320 e. The maximum Gasteiger partial charge on any atom is 0.0564 e. The van der Waals surface area contributed by atoms with Gasteiger partial charge in [0.25, 0.3) is 0 Å². The third-order valence-corrected chi connectivity index (χ3v) is 3.68. The summed E-state index contributed by atoms with van der Waals surface area (Å²) in [6, 6.07) is 10.9. The zero-order valence-corrected chi connectivity index (χ0v) is 11.6. The van der Waals surface area contributed by atoms with Crippen LogP contribution in [0.2, 0.25) is 0 Å². The van der Waals surface area contributed by atoms with Gasteiger partial charge in [0.15, 0.2) is 0 Å². The Morgan fingerprint density at radius 2 is 1.76 bits per heavy atom. The Balaban J connectivity index is 3.08. The molecule has 0 saturated heterocycles. The van der Waals surface area contributed by atoms with Gasteiger partial charge in [-0.3, -0.25) is 0 Å². The van der Waals surface area contributed by atoms with Gasteiger partial charge in [-0.15, -0.1) is 0 Å². The zero-order valence-electron chi connectivity index (χ0n) is 11.6. The number of nitrogens with two attached hydrogens (primary N) is 1. The molecule has 2 unspecified atom stereocenters. The molecular formula is C15H26N2. The van der Waals surface area contributed by atoms with E-state index < -0.39 is 0 Å². The van der Waals surface area contributed by atoms with E-state index in [9.17, 15) is 0 Å². The van der Waals surface area contributed by atoms with E-state index in [1.54, 1.807) is 0 Å². The molecule has 0 heterocycles. The van der Waals surface area contributed by atoms with Crippen LogP contribution in [0.15, 0.2) is 30.3 Å². The first kappa shape index (κ1) is 14.2. The third-order valence-electron chi connectivity index (χ3n) is 3.68. The lowest BCUT2D eigenvalue weighted by Crippen LogP contribution is -2.53. The van der Waals surface area contributed by atoms with Crippen LogP contribution in [-0.4, -0.2) is 25.0 Å². The van der Waals surface area contributed by atoms with Gasteiger partial charge in [-0.1, -0.05) is 50.6 Å².